The van der Waals surface area contributed by atoms with Crippen LogP contribution < -0.4 is 10.6 Å². The quantitative estimate of drug-likeness (QED) is 0.572. The average molecular weight is 227 g/mol. The summed E-state index contributed by atoms with van der Waals surface area (Å²) in [5, 5.41) is 6.83. The van der Waals surface area contributed by atoms with Gasteiger partial charge in [-0.25, -0.2) is 0 Å². The number of rotatable bonds is 5. The zero-order chi connectivity index (χ0) is 11.1. The molecular formula is C10H17N3OS. The third-order valence-electron chi connectivity index (χ3n) is 1.94. The summed E-state index contributed by atoms with van der Waals surface area (Å²) in [7, 11) is 3.67. The van der Waals surface area contributed by atoms with E-state index in [1.807, 2.05) is 17.8 Å². The molecule has 0 amide bonds. The zero-order valence-electron chi connectivity index (χ0n) is 9.12. The van der Waals surface area contributed by atoms with Crippen LogP contribution in [0.4, 0.5) is 0 Å². The van der Waals surface area contributed by atoms with Crippen LogP contribution in [-0.4, -0.2) is 29.9 Å². The molecule has 5 heteroatoms. The minimum absolute atomic E-state index is 0.660. The molecule has 0 saturated heterocycles. The first-order valence-corrected chi connectivity index (χ1v) is 5.24. The molecule has 0 spiro atoms. The number of methoxy groups -OCH3 is 1. The van der Waals surface area contributed by atoms with Gasteiger partial charge in [0, 0.05) is 39.6 Å². The first-order valence-electron chi connectivity index (χ1n) is 4.84. The van der Waals surface area contributed by atoms with Gasteiger partial charge in [-0.3, -0.25) is 0 Å². The third-order valence-corrected chi connectivity index (χ3v) is 2.23. The zero-order valence-corrected chi connectivity index (χ0v) is 9.93. The predicted molar refractivity (Wildman–Crippen MR) is 64.7 cm³/mol. The Labute approximate surface area is 95.6 Å². The van der Waals surface area contributed by atoms with Crippen LogP contribution in [0, 0.1) is 0 Å². The highest BCUT2D eigenvalue weighted by Gasteiger charge is 1.96. The summed E-state index contributed by atoms with van der Waals surface area (Å²) in [6.45, 7) is 2.14. The standard InChI is InChI=1S/C10H17N3OS/c1-13-5-3-9(8-13)7-12-10(15)11-4-6-14-2/h3,5,8H,4,6-7H2,1-2H3,(H2,11,12,15). The Morgan fingerprint density at radius 2 is 2.33 bits per heavy atom. The molecule has 2 N–H and O–H groups in total. The molecule has 0 aliphatic carbocycles. The monoisotopic (exact) mass is 227 g/mol. The first-order chi connectivity index (χ1) is 7.22. The lowest BCUT2D eigenvalue weighted by molar-refractivity contribution is 0.204. The largest absolute Gasteiger partial charge is 0.383 e. The summed E-state index contributed by atoms with van der Waals surface area (Å²) < 4.78 is 6.92. The maximum absolute atomic E-state index is 5.09. The fraction of sp³-hybridized carbons (Fsp3) is 0.500. The van der Waals surface area contributed by atoms with Gasteiger partial charge < -0.3 is 19.9 Å². The fourth-order valence-corrected chi connectivity index (χ4v) is 1.35. The molecule has 4 nitrogen and oxygen atoms in total. The highest BCUT2D eigenvalue weighted by Crippen LogP contribution is 1.97. The second kappa shape index (κ2) is 6.42. The Bertz CT molecular complexity index is 311. The van der Waals surface area contributed by atoms with Crippen LogP contribution in [0.15, 0.2) is 18.5 Å². The van der Waals surface area contributed by atoms with E-state index in [4.69, 9.17) is 17.0 Å². The van der Waals surface area contributed by atoms with Crippen LogP contribution in [0.3, 0.4) is 0 Å². The maximum atomic E-state index is 5.09. The van der Waals surface area contributed by atoms with Gasteiger partial charge in [0.25, 0.3) is 0 Å². The second-order valence-electron chi connectivity index (χ2n) is 3.29. The predicted octanol–water partition coefficient (Wildman–Crippen LogP) is 0.636. The Hall–Kier alpha value is -1.07. The van der Waals surface area contributed by atoms with Crippen LogP contribution in [0.1, 0.15) is 5.56 Å². The van der Waals surface area contributed by atoms with E-state index >= 15 is 0 Å². The van der Waals surface area contributed by atoms with Crippen molar-refractivity contribution in [2.45, 2.75) is 6.54 Å². The first kappa shape index (κ1) is 12.0. The molecular weight excluding hydrogens is 210 g/mol. The van der Waals surface area contributed by atoms with Crippen molar-refractivity contribution in [3.63, 3.8) is 0 Å². The topological polar surface area (TPSA) is 38.2 Å². The number of hydrogen-bond acceptors (Lipinski definition) is 2. The summed E-state index contributed by atoms with van der Waals surface area (Å²) in [6.07, 6.45) is 4.07. The van der Waals surface area contributed by atoms with Crippen molar-refractivity contribution in [2.75, 3.05) is 20.3 Å². The fourth-order valence-electron chi connectivity index (χ4n) is 1.18. The summed E-state index contributed by atoms with van der Waals surface area (Å²) in [6, 6.07) is 2.06. The molecule has 0 aliphatic rings. The molecule has 1 rings (SSSR count). The molecule has 1 aromatic rings. The van der Waals surface area contributed by atoms with E-state index in [1.165, 1.54) is 5.56 Å². The number of ether oxygens (including phenoxy) is 1. The van der Waals surface area contributed by atoms with Gasteiger partial charge in [-0.05, 0) is 23.8 Å². The van der Waals surface area contributed by atoms with Gasteiger partial charge in [0.1, 0.15) is 0 Å². The van der Waals surface area contributed by atoms with E-state index in [-0.39, 0.29) is 0 Å². The highest BCUT2D eigenvalue weighted by molar-refractivity contribution is 7.80. The van der Waals surface area contributed by atoms with E-state index in [1.54, 1.807) is 7.11 Å². The van der Waals surface area contributed by atoms with E-state index < -0.39 is 0 Å². The van der Waals surface area contributed by atoms with Crippen molar-refractivity contribution >= 4 is 17.3 Å². The van der Waals surface area contributed by atoms with Gasteiger partial charge in [0.2, 0.25) is 0 Å². The summed E-state index contributed by atoms with van der Waals surface area (Å²) in [4.78, 5) is 0. The van der Waals surface area contributed by atoms with Crippen molar-refractivity contribution in [2.24, 2.45) is 7.05 Å². The molecule has 15 heavy (non-hydrogen) atoms. The van der Waals surface area contributed by atoms with Crippen LogP contribution >= 0.6 is 12.2 Å². The SMILES string of the molecule is COCCNC(=S)NCc1ccn(C)c1. The molecule has 0 unspecified atom stereocenters. The molecule has 0 saturated carbocycles. The molecule has 0 bridgehead atoms. The molecule has 0 radical (unpaired) electrons. The lowest BCUT2D eigenvalue weighted by atomic mass is 10.3. The summed E-state index contributed by atoms with van der Waals surface area (Å²) >= 11 is 5.09. The number of aryl methyl sites for hydroxylation is 1. The molecule has 0 aromatic carbocycles. The van der Waals surface area contributed by atoms with Crippen LogP contribution in [0.25, 0.3) is 0 Å². The molecule has 84 valence electrons. The van der Waals surface area contributed by atoms with E-state index in [2.05, 4.69) is 22.9 Å². The highest BCUT2D eigenvalue weighted by atomic mass is 32.1. The van der Waals surface area contributed by atoms with Crippen molar-refractivity contribution in [1.82, 2.24) is 15.2 Å². The van der Waals surface area contributed by atoms with Crippen molar-refractivity contribution < 1.29 is 4.74 Å². The summed E-state index contributed by atoms with van der Waals surface area (Å²) in [5.74, 6) is 0. The van der Waals surface area contributed by atoms with Crippen LogP contribution in [-0.2, 0) is 18.3 Å². The Morgan fingerprint density at radius 1 is 1.53 bits per heavy atom. The second-order valence-corrected chi connectivity index (χ2v) is 3.70. The Morgan fingerprint density at radius 3 is 2.93 bits per heavy atom. The van der Waals surface area contributed by atoms with E-state index in [0.29, 0.717) is 11.7 Å². The van der Waals surface area contributed by atoms with Crippen molar-refractivity contribution in [3.05, 3.63) is 24.0 Å². The molecule has 0 fully saturated rings. The van der Waals surface area contributed by atoms with Crippen LogP contribution in [0.5, 0.6) is 0 Å². The number of aromatic nitrogens is 1. The number of thiocarbonyl (C=S) groups is 1. The van der Waals surface area contributed by atoms with Gasteiger partial charge in [0.05, 0.1) is 6.61 Å². The third kappa shape index (κ3) is 4.80. The molecule has 1 heterocycles. The number of nitrogens with zero attached hydrogens (tertiary/aromatic N) is 1. The van der Waals surface area contributed by atoms with Gasteiger partial charge in [-0.1, -0.05) is 0 Å². The average Bonchev–Trinajstić information content (AvgIpc) is 2.62. The lowest BCUT2D eigenvalue weighted by Gasteiger charge is -2.08. The van der Waals surface area contributed by atoms with Crippen molar-refractivity contribution in [3.8, 4) is 0 Å². The lowest BCUT2D eigenvalue weighted by Crippen LogP contribution is -2.36. The maximum Gasteiger partial charge on any atom is 0.166 e. The smallest absolute Gasteiger partial charge is 0.166 e. The van der Waals surface area contributed by atoms with Gasteiger partial charge >= 0.3 is 0 Å². The van der Waals surface area contributed by atoms with Crippen molar-refractivity contribution in [1.29, 1.82) is 0 Å². The Kier molecular flexibility index (Phi) is 5.14. The molecule has 1 aromatic heterocycles. The van der Waals surface area contributed by atoms with Gasteiger partial charge in [0.15, 0.2) is 5.11 Å². The minimum atomic E-state index is 0.660. The van der Waals surface area contributed by atoms with E-state index in [0.717, 1.165) is 13.1 Å². The number of nitrogens with one attached hydrogen (secondary N) is 2. The van der Waals surface area contributed by atoms with Crippen LogP contribution in [0.2, 0.25) is 0 Å². The Balaban J connectivity index is 2.16. The molecule has 0 atom stereocenters. The van der Waals surface area contributed by atoms with E-state index in [9.17, 15) is 0 Å². The minimum Gasteiger partial charge on any atom is -0.383 e. The summed E-state index contributed by atoms with van der Waals surface area (Å²) in [5.41, 5.74) is 1.22. The molecule has 0 aliphatic heterocycles. The van der Waals surface area contributed by atoms with Gasteiger partial charge in [-0.15, -0.1) is 0 Å². The number of hydrogen-bond donors (Lipinski definition) is 2. The van der Waals surface area contributed by atoms with Gasteiger partial charge in [-0.2, -0.15) is 0 Å². The normalized spacial score (nSPS) is 10.0.